The second-order valence-corrected chi connectivity index (χ2v) is 5.53. The predicted molar refractivity (Wildman–Crippen MR) is 65.7 cm³/mol. The van der Waals surface area contributed by atoms with E-state index in [2.05, 4.69) is 46.9 Å². The summed E-state index contributed by atoms with van der Waals surface area (Å²) in [4.78, 5) is 0. The van der Waals surface area contributed by atoms with Gasteiger partial charge in [0.2, 0.25) is 0 Å². The van der Waals surface area contributed by atoms with Crippen LogP contribution in [-0.4, -0.2) is 12.1 Å². The molecule has 0 rings (SSSR count). The third-order valence-electron chi connectivity index (χ3n) is 3.06. The predicted octanol–water partition coefficient (Wildman–Crippen LogP) is 3.98. The van der Waals surface area contributed by atoms with E-state index in [0.717, 1.165) is 6.04 Å². The third-order valence-corrected chi connectivity index (χ3v) is 3.06. The van der Waals surface area contributed by atoms with Gasteiger partial charge in [-0.2, -0.15) is 0 Å². The van der Waals surface area contributed by atoms with E-state index in [4.69, 9.17) is 0 Å². The second-order valence-electron chi connectivity index (χ2n) is 5.53. The van der Waals surface area contributed by atoms with E-state index >= 15 is 0 Å². The average molecular weight is 199 g/mol. The third kappa shape index (κ3) is 5.64. The Kier molecular flexibility index (Phi) is 6.43. The van der Waals surface area contributed by atoms with Crippen molar-refractivity contribution in [2.75, 3.05) is 0 Å². The molecule has 86 valence electrons. The van der Waals surface area contributed by atoms with Crippen molar-refractivity contribution >= 4 is 0 Å². The topological polar surface area (TPSA) is 12.0 Å². The fourth-order valence-corrected chi connectivity index (χ4v) is 1.61. The fourth-order valence-electron chi connectivity index (χ4n) is 1.61. The first-order valence-corrected chi connectivity index (χ1v) is 6.17. The minimum atomic E-state index is 0.375. The first-order chi connectivity index (χ1) is 6.41. The summed E-state index contributed by atoms with van der Waals surface area (Å²) in [5, 5.41) is 3.76. The molecule has 0 fully saturated rings. The van der Waals surface area contributed by atoms with Crippen LogP contribution in [-0.2, 0) is 0 Å². The lowest BCUT2D eigenvalue weighted by Gasteiger charge is -2.32. The smallest absolute Gasteiger partial charge is 0.00898 e. The summed E-state index contributed by atoms with van der Waals surface area (Å²) >= 11 is 0. The lowest BCUT2D eigenvalue weighted by Crippen LogP contribution is -2.43. The molecular weight excluding hydrogens is 170 g/mol. The summed E-state index contributed by atoms with van der Waals surface area (Å²) in [6.45, 7) is 13.8. The molecule has 1 heteroatoms. The molecular formula is C13H29N. The van der Waals surface area contributed by atoms with Gasteiger partial charge in [0.1, 0.15) is 0 Å². The van der Waals surface area contributed by atoms with Crippen LogP contribution < -0.4 is 5.32 Å². The van der Waals surface area contributed by atoms with Crippen molar-refractivity contribution in [3.8, 4) is 0 Å². The largest absolute Gasteiger partial charge is 0.311 e. The van der Waals surface area contributed by atoms with Crippen LogP contribution >= 0.6 is 0 Å². The normalized spacial score (nSPS) is 14.8. The summed E-state index contributed by atoms with van der Waals surface area (Å²) in [5.41, 5.74) is 0.375. The Morgan fingerprint density at radius 3 is 1.71 bits per heavy atom. The van der Waals surface area contributed by atoms with Crippen molar-refractivity contribution in [1.82, 2.24) is 5.32 Å². The van der Waals surface area contributed by atoms with Crippen LogP contribution in [0.5, 0.6) is 0 Å². The molecule has 0 saturated carbocycles. The Labute approximate surface area is 90.7 Å². The van der Waals surface area contributed by atoms with E-state index in [1.807, 2.05) is 0 Å². The van der Waals surface area contributed by atoms with Crippen LogP contribution in [0.4, 0.5) is 0 Å². The van der Waals surface area contributed by atoms with Gasteiger partial charge in [0.25, 0.3) is 0 Å². The standard InChI is InChI=1S/C13H29N/c1-7-9-12(10-8-2)14-11(3)13(4,5)6/h11-12,14H,7-10H2,1-6H3. The van der Waals surface area contributed by atoms with Crippen LogP contribution in [0.15, 0.2) is 0 Å². The van der Waals surface area contributed by atoms with Crippen LogP contribution in [0.3, 0.4) is 0 Å². The molecule has 0 saturated heterocycles. The molecule has 0 bridgehead atoms. The quantitative estimate of drug-likeness (QED) is 0.682. The monoisotopic (exact) mass is 199 g/mol. The van der Waals surface area contributed by atoms with Gasteiger partial charge in [-0.15, -0.1) is 0 Å². The van der Waals surface area contributed by atoms with E-state index in [1.54, 1.807) is 0 Å². The molecule has 0 aromatic heterocycles. The molecule has 0 spiro atoms. The van der Waals surface area contributed by atoms with Gasteiger partial charge in [0.05, 0.1) is 0 Å². The minimum Gasteiger partial charge on any atom is -0.311 e. The van der Waals surface area contributed by atoms with E-state index < -0.39 is 0 Å². The Hall–Kier alpha value is -0.0400. The molecule has 0 radical (unpaired) electrons. The number of hydrogen-bond donors (Lipinski definition) is 1. The highest BCUT2D eigenvalue weighted by atomic mass is 15.0. The Balaban J connectivity index is 4.01. The molecule has 1 atom stereocenters. The summed E-state index contributed by atoms with van der Waals surface area (Å²) < 4.78 is 0. The molecule has 1 nitrogen and oxygen atoms in total. The van der Waals surface area contributed by atoms with Crippen molar-refractivity contribution in [3.05, 3.63) is 0 Å². The van der Waals surface area contributed by atoms with E-state index in [1.165, 1.54) is 25.7 Å². The molecule has 14 heavy (non-hydrogen) atoms. The van der Waals surface area contributed by atoms with E-state index in [-0.39, 0.29) is 0 Å². The summed E-state index contributed by atoms with van der Waals surface area (Å²) in [6, 6.07) is 1.32. The van der Waals surface area contributed by atoms with Crippen LogP contribution in [0.25, 0.3) is 0 Å². The Morgan fingerprint density at radius 2 is 1.43 bits per heavy atom. The van der Waals surface area contributed by atoms with Gasteiger partial charge in [0.15, 0.2) is 0 Å². The lowest BCUT2D eigenvalue weighted by molar-refractivity contribution is 0.251. The molecule has 0 aromatic carbocycles. The molecule has 0 aliphatic rings. The van der Waals surface area contributed by atoms with Gasteiger partial charge < -0.3 is 5.32 Å². The van der Waals surface area contributed by atoms with Gasteiger partial charge in [-0.25, -0.2) is 0 Å². The molecule has 1 N–H and O–H groups in total. The zero-order valence-corrected chi connectivity index (χ0v) is 11.0. The summed E-state index contributed by atoms with van der Waals surface area (Å²) in [7, 11) is 0. The SMILES string of the molecule is CCCC(CCC)NC(C)C(C)(C)C. The van der Waals surface area contributed by atoms with Crippen molar-refractivity contribution in [2.45, 2.75) is 79.3 Å². The number of rotatable bonds is 6. The number of hydrogen-bond acceptors (Lipinski definition) is 1. The molecule has 0 aliphatic heterocycles. The van der Waals surface area contributed by atoms with Crippen LogP contribution in [0.2, 0.25) is 0 Å². The maximum Gasteiger partial charge on any atom is 0.00898 e. The fraction of sp³-hybridized carbons (Fsp3) is 1.00. The highest BCUT2D eigenvalue weighted by molar-refractivity contribution is 4.80. The van der Waals surface area contributed by atoms with Crippen LogP contribution in [0.1, 0.15) is 67.2 Å². The van der Waals surface area contributed by atoms with Crippen molar-refractivity contribution in [2.24, 2.45) is 5.41 Å². The van der Waals surface area contributed by atoms with Crippen molar-refractivity contribution < 1.29 is 0 Å². The van der Waals surface area contributed by atoms with Crippen molar-refractivity contribution in [1.29, 1.82) is 0 Å². The minimum absolute atomic E-state index is 0.375. The molecule has 0 aromatic rings. The highest BCUT2D eigenvalue weighted by Crippen LogP contribution is 2.20. The van der Waals surface area contributed by atoms with E-state index in [9.17, 15) is 0 Å². The van der Waals surface area contributed by atoms with Gasteiger partial charge in [-0.05, 0) is 25.2 Å². The lowest BCUT2D eigenvalue weighted by atomic mass is 9.87. The van der Waals surface area contributed by atoms with Gasteiger partial charge in [-0.3, -0.25) is 0 Å². The van der Waals surface area contributed by atoms with Gasteiger partial charge in [0, 0.05) is 12.1 Å². The van der Waals surface area contributed by atoms with Gasteiger partial charge in [-0.1, -0.05) is 47.5 Å². The van der Waals surface area contributed by atoms with Gasteiger partial charge >= 0.3 is 0 Å². The first kappa shape index (κ1) is 14.0. The molecule has 0 heterocycles. The first-order valence-electron chi connectivity index (χ1n) is 6.17. The highest BCUT2D eigenvalue weighted by Gasteiger charge is 2.21. The van der Waals surface area contributed by atoms with Crippen LogP contribution in [0, 0.1) is 5.41 Å². The molecule has 0 aliphatic carbocycles. The maximum atomic E-state index is 3.76. The Bertz CT molecular complexity index is 129. The zero-order valence-electron chi connectivity index (χ0n) is 11.0. The second kappa shape index (κ2) is 6.44. The number of nitrogens with one attached hydrogen (secondary N) is 1. The molecule has 0 amide bonds. The van der Waals surface area contributed by atoms with E-state index in [0.29, 0.717) is 11.5 Å². The summed E-state index contributed by atoms with van der Waals surface area (Å²) in [6.07, 6.45) is 5.20. The molecule has 1 unspecified atom stereocenters. The zero-order chi connectivity index (χ0) is 11.2. The summed E-state index contributed by atoms with van der Waals surface area (Å²) in [5.74, 6) is 0. The average Bonchev–Trinajstić information content (AvgIpc) is 2.03. The maximum absolute atomic E-state index is 3.76. The van der Waals surface area contributed by atoms with Crippen molar-refractivity contribution in [3.63, 3.8) is 0 Å². The Morgan fingerprint density at radius 1 is 1.00 bits per heavy atom.